The van der Waals surface area contributed by atoms with E-state index < -0.39 is 0 Å². The molecule has 2 aliphatic rings. The van der Waals surface area contributed by atoms with Crippen molar-refractivity contribution in [1.29, 1.82) is 5.26 Å². The van der Waals surface area contributed by atoms with Gasteiger partial charge in [0, 0.05) is 19.1 Å². The summed E-state index contributed by atoms with van der Waals surface area (Å²) in [6, 6.07) is 3.06. The van der Waals surface area contributed by atoms with Crippen LogP contribution in [-0.2, 0) is 0 Å². The van der Waals surface area contributed by atoms with Crippen LogP contribution < -0.4 is 5.32 Å². The van der Waals surface area contributed by atoms with Gasteiger partial charge in [-0.25, -0.2) is 0 Å². The van der Waals surface area contributed by atoms with E-state index in [1.165, 1.54) is 32.4 Å². The standard InChI is InChI=1S/C13H23N3/c1-10(2)11-5-6-16(8-11)9-13(7-14)15-12-3-4-12/h10-13,15H,3-6,8-9H2,1-2H3. The molecule has 0 spiro atoms. The molecule has 1 aliphatic heterocycles. The van der Waals surface area contributed by atoms with Crippen LogP contribution >= 0.6 is 0 Å². The van der Waals surface area contributed by atoms with Crippen molar-refractivity contribution >= 4 is 0 Å². The van der Waals surface area contributed by atoms with Gasteiger partial charge in [0.05, 0.1) is 6.07 Å². The van der Waals surface area contributed by atoms with Gasteiger partial charge in [-0.3, -0.25) is 5.32 Å². The Hall–Kier alpha value is -0.590. The Morgan fingerprint density at radius 3 is 2.62 bits per heavy atom. The number of hydrogen-bond donors (Lipinski definition) is 1. The second-order valence-corrected chi connectivity index (χ2v) is 5.67. The van der Waals surface area contributed by atoms with Gasteiger partial charge in [-0.15, -0.1) is 0 Å². The highest BCUT2D eigenvalue weighted by molar-refractivity contribution is 4.98. The maximum atomic E-state index is 9.10. The molecule has 0 aromatic carbocycles. The molecule has 1 saturated heterocycles. The lowest BCUT2D eigenvalue weighted by molar-refractivity contribution is 0.285. The zero-order valence-electron chi connectivity index (χ0n) is 10.4. The Morgan fingerprint density at radius 1 is 1.38 bits per heavy atom. The summed E-state index contributed by atoms with van der Waals surface area (Å²) >= 11 is 0. The fourth-order valence-electron chi connectivity index (χ4n) is 2.50. The molecule has 3 nitrogen and oxygen atoms in total. The Kier molecular flexibility index (Phi) is 3.83. The maximum Gasteiger partial charge on any atom is 0.108 e. The molecule has 2 rings (SSSR count). The number of rotatable bonds is 5. The van der Waals surface area contributed by atoms with E-state index in [-0.39, 0.29) is 6.04 Å². The van der Waals surface area contributed by atoms with Crippen LogP contribution in [0.1, 0.15) is 33.1 Å². The Morgan fingerprint density at radius 2 is 2.12 bits per heavy atom. The molecular formula is C13H23N3. The van der Waals surface area contributed by atoms with Gasteiger partial charge in [-0.2, -0.15) is 5.26 Å². The third-order valence-electron chi connectivity index (χ3n) is 3.86. The summed E-state index contributed by atoms with van der Waals surface area (Å²) in [5, 5.41) is 12.5. The van der Waals surface area contributed by atoms with E-state index in [2.05, 4.69) is 30.1 Å². The predicted molar refractivity (Wildman–Crippen MR) is 64.9 cm³/mol. The smallest absolute Gasteiger partial charge is 0.108 e. The van der Waals surface area contributed by atoms with Crippen molar-refractivity contribution in [2.75, 3.05) is 19.6 Å². The van der Waals surface area contributed by atoms with Crippen LogP contribution in [0.3, 0.4) is 0 Å². The number of hydrogen-bond acceptors (Lipinski definition) is 3. The van der Waals surface area contributed by atoms with Crippen molar-refractivity contribution < 1.29 is 0 Å². The first-order valence-corrected chi connectivity index (χ1v) is 6.57. The van der Waals surface area contributed by atoms with E-state index in [1.807, 2.05) is 0 Å². The summed E-state index contributed by atoms with van der Waals surface area (Å²) in [7, 11) is 0. The van der Waals surface area contributed by atoms with Gasteiger partial charge in [0.15, 0.2) is 0 Å². The van der Waals surface area contributed by atoms with Crippen molar-refractivity contribution in [1.82, 2.24) is 10.2 Å². The molecule has 1 N–H and O–H groups in total. The highest BCUT2D eigenvalue weighted by atomic mass is 15.2. The Bertz CT molecular complexity index is 265. The Balaban J connectivity index is 1.74. The molecule has 2 unspecified atom stereocenters. The van der Waals surface area contributed by atoms with Crippen molar-refractivity contribution in [3.8, 4) is 6.07 Å². The molecule has 0 aromatic heterocycles. The van der Waals surface area contributed by atoms with E-state index in [0.717, 1.165) is 18.4 Å². The van der Waals surface area contributed by atoms with Gasteiger partial charge in [-0.1, -0.05) is 13.8 Å². The molecule has 0 aromatic rings. The van der Waals surface area contributed by atoms with Gasteiger partial charge >= 0.3 is 0 Å². The van der Waals surface area contributed by atoms with Crippen LogP contribution in [0.15, 0.2) is 0 Å². The lowest BCUT2D eigenvalue weighted by Gasteiger charge is -2.21. The van der Waals surface area contributed by atoms with Crippen LogP contribution in [-0.4, -0.2) is 36.6 Å². The lowest BCUT2D eigenvalue weighted by Crippen LogP contribution is -2.40. The molecule has 0 amide bonds. The monoisotopic (exact) mass is 221 g/mol. The maximum absolute atomic E-state index is 9.10. The van der Waals surface area contributed by atoms with Crippen molar-refractivity contribution in [3.05, 3.63) is 0 Å². The first kappa shape index (κ1) is 11.9. The van der Waals surface area contributed by atoms with Crippen LogP contribution in [0.2, 0.25) is 0 Å². The van der Waals surface area contributed by atoms with Crippen molar-refractivity contribution in [2.45, 2.75) is 45.2 Å². The molecule has 16 heavy (non-hydrogen) atoms. The zero-order valence-corrected chi connectivity index (χ0v) is 10.4. The molecule has 0 bridgehead atoms. The highest BCUT2D eigenvalue weighted by Gasteiger charge is 2.29. The van der Waals surface area contributed by atoms with Crippen molar-refractivity contribution in [3.63, 3.8) is 0 Å². The largest absolute Gasteiger partial charge is 0.300 e. The SMILES string of the molecule is CC(C)C1CCN(CC(C#N)NC2CC2)C1. The Labute approximate surface area is 98.8 Å². The minimum atomic E-state index is 0.0402. The molecule has 1 heterocycles. The third kappa shape index (κ3) is 3.20. The quantitative estimate of drug-likeness (QED) is 0.766. The topological polar surface area (TPSA) is 39.1 Å². The first-order valence-electron chi connectivity index (χ1n) is 6.57. The van der Waals surface area contributed by atoms with E-state index in [1.54, 1.807) is 0 Å². The average molecular weight is 221 g/mol. The molecule has 90 valence electrons. The first-order chi connectivity index (χ1) is 7.69. The van der Waals surface area contributed by atoms with Gasteiger partial charge in [0.2, 0.25) is 0 Å². The number of nitrogens with one attached hydrogen (secondary N) is 1. The lowest BCUT2D eigenvalue weighted by atomic mass is 9.95. The van der Waals surface area contributed by atoms with E-state index in [9.17, 15) is 0 Å². The van der Waals surface area contributed by atoms with Crippen LogP contribution in [0.4, 0.5) is 0 Å². The second kappa shape index (κ2) is 5.16. The van der Waals surface area contributed by atoms with E-state index >= 15 is 0 Å². The molecule has 0 radical (unpaired) electrons. The average Bonchev–Trinajstić information content (AvgIpc) is 2.93. The normalized spacial score (nSPS) is 28.2. The predicted octanol–water partition coefficient (Wildman–Crippen LogP) is 1.61. The highest BCUT2D eigenvalue weighted by Crippen LogP contribution is 2.24. The molecule has 2 atom stereocenters. The fraction of sp³-hybridized carbons (Fsp3) is 0.923. The van der Waals surface area contributed by atoms with Crippen LogP contribution in [0.5, 0.6) is 0 Å². The third-order valence-corrected chi connectivity index (χ3v) is 3.86. The number of nitriles is 1. The van der Waals surface area contributed by atoms with Crippen LogP contribution in [0.25, 0.3) is 0 Å². The summed E-state index contributed by atoms with van der Waals surface area (Å²) in [6.45, 7) is 7.88. The number of likely N-dealkylation sites (tertiary alicyclic amines) is 1. The summed E-state index contributed by atoms with van der Waals surface area (Å²) < 4.78 is 0. The molecular weight excluding hydrogens is 198 g/mol. The van der Waals surface area contributed by atoms with E-state index in [0.29, 0.717) is 6.04 Å². The van der Waals surface area contributed by atoms with Crippen molar-refractivity contribution in [2.24, 2.45) is 11.8 Å². The minimum Gasteiger partial charge on any atom is -0.300 e. The summed E-state index contributed by atoms with van der Waals surface area (Å²) in [5.74, 6) is 1.61. The summed E-state index contributed by atoms with van der Waals surface area (Å²) in [4.78, 5) is 2.45. The number of nitrogens with zero attached hydrogens (tertiary/aromatic N) is 2. The zero-order chi connectivity index (χ0) is 11.5. The van der Waals surface area contributed by atoms with Gasteiger partial charge in [-0.05, 0) is 37.6 Å². The minimum absolute atomic E-state index is 0.0402. The second-order valence-electron chi connectivity index (χ2n) is 5.67. The fourth-order valence-corrected chi connectivity index (χ4v) is 2.50. The molecule has 3 heteroatoms. The van der Waals surface area contributed by atoms with Gasteiger partial charge in [0.25, 0.3) is 0 Å². The van der Waals surface area contributed by atoms with Gasteiger partial charge < -0.3 is 4.90 Å². The van der Waals surface area contributed by atoms with E-state index in [4.69, 9.17) is 5.26 Å². The molecule has 1 saturated carbocycles. The van der Waals surface area contributed by atoms with Gasteiger partial charge in [0.1, 0.15) is 6.04 Å². The van der Waals surface area contributed by atoms with Crippen LogP contribution in [0, 0.1) is 23.2 Å². The summed E-state index contributed by atoms with van der Waals surface area (Å²) in [6.07, 6.45) is 3.82. The summed E-state index contributed by atoms with van der Waals surface area (Å²) in [5.41, 5.74) is 0. The molecule has 2 fully saturated rings. The molecule has 1 aliphatic carbocycles.